The molecule has 0 unspecified atom stereocenters. The topological polar surface area (TPSA) is 80.3 Å². The van der Waals surface area contributed by atoms with Crippen LogP contribution in [0.25, 0.3) is 10.2 Å². The molecule has 3 amide bonds. The summed E-state index contributed by atoms with van der Waals surface area (Å²) in [6.45, 7) is 2.49. The number of carbonyl (C=O) groups is 2. The van der Waals surface area contributed by atoms with Crippen LogP contribution in [0.1, 0.15) is 13.3 Å². The number of fused-ring (bicyclic) bond motifs is 1. The molecule has 2 aromatic rings. The van der Waals surface area contributed by atoms with E-state index in [0.717, 1.165) is 16.0 Å². The van der Waals surface area contributed by atoms with Gasteiger partial charge in [-0.3, -0.25) is 15.4 Å². The number of hydrogen-bond donors (Lipinski definition) is 2. The third-order valence-corrected chi connectivity index (χ3v) is 3.59. The second-order valence-electron chi connectivity index (χ2n) is 4.02. The van der Waals surface area contributed by atoms with Gasteiger partial charge in [-0.05, 0) is 25.1 Å². The van der Waals surface area contributed by atoms with E-state index in [1.807, 2.05) is 25.1 Å². The Labute approximate surface area is 130 Å². The fourth-order valence-corrected chi connectivity index (χ4v) is 2.68. The van der Waals surface area contributed by atoms with E-state index in [1.165, 1.54) is 11.3 Å². The van der Waals surface area contributed by atoms with Gasteiger partial charge in [0.2, 0.25) is 5.91 Å². The maximum absolute atomic E-state index is 11.6. The number of benzene rings is 1. The molecule has 0 bridgehead atoms. The Bertz CT molecular complexity index is 659. The minimum Gasteiger partial charge on any atom is -0.494 e. The van der Waals surface area contributed by atoms with E-state index in [2.05, 4.69) is 15.6 Å². The quantitative estimate of drug-likeness (QED) is 0.827. The molecular weight excluding hydrogens is 314 g/mol. The molecule has 1 heterocycles. The minimum atomic E-state index is -0.616. The molecule has 2 N–H and O–H groups in total. The molecule has 112 valence electrons. The summed E-state index contributed by atoms with van der Waals surface area (Å²) >= 11 is 6.72. The van der Waals surface area contributed by atoms with Gasteiger partial charge in [0.15, 0.2) is 5.13 Å². The number of halogens is 1. The van der Waals surface area contributed by atoms with E-state index in [4.69, 9.17) is 16.3 Å². The van der Waals surface area contributed by atoms with Crippen molar-refractivity contribution in [3.8, 4) is 5.75 Å². The summed E-state index contributed by atoms with van der Waals surface area (Å²) in [5.74, 6) is 0.490. The lowest BCUT2D eigenvalue weighted by Gasteiger charge is -2.02. The molecule has 1 aromatic carbocycles. The molecule has 0 atom stereocenters. The smallest absolute Gasteiger partial charge is 0.327 e. The first-order valence-corrected chi connectivity index (χ1v) is 7.67. The van der Waals surface area contributed by atoms with Crippen LogP contribution in [-0.4, -0.2) is 29.4 Å². The lowest BCUT2D eigenvalue weighted by Crippen LogP contribution is -2.34. The van der Waals surface area contributed by atoms with E-state index in [9.17, 15) is 9.59 Å². The summed E-state index contributed by atoms with van der Waals surface area (Å²) in [5.41, 5.74) is 0.755. The Morgan fingerprint density at radius 3 is 2.95 bits per heavy atom. The van der Waals surface area contributed by atoms with Crippen LogP contribution in [-0.2, 0) is 4.79 Å². The van der Waals surface area contributed by atoms with Crippen LogP contribution in [0.2, 0.25) is 0 Å². The number of ether oxygens (including phenoxy) is 1. The predicted molar refractivity (Wildman–Crippen MR) is 83.3 cm³/mol. The van der Waals surface area contributed by atoms with E-state index >= 15 is 0 Å². The highest BCUT2D eigenvalue weighted by molar-refractivity contribution is 7.22. The Morgan fingerprint density at radius 2 is 2.24 bits per heavy atom. The molecule has 1 aromatic heterocycles. The number of imide groups is 1. The van der Waals surface area contributed by atoms with Crippen LogP contribution in [0.15, 0.2) is 18.2 Å². The van der Waals surface area contributed by atoms with E-state index in [-0.39, 0.29) is 12.3 Å². The third kappa shape index (κ3) is 4.30. The van der Waals surface area contributed by atoms with Crippen molar-refractivity contribution in [3.05, 3.63) is 18.2 Å². The van der Waals surface area contributed by atoms with Gasteiger partial charge in [-0.15, -0.1) is 11.6 Å². The molecule has 0 aliphatic carbocycles. The van der Waals surface area contributed by atoms with Crippen LogP contribution < -0.4 is 15.4 Å². The predicted octanol–water partition coefficient (Wildman–Crippen LogP) is 2.97. The van der Waals surface area contributed by atoms with Gasteiger partial charge in [-0.2, -0.15) is 0 Å². The van der Waals surface area contributed by atoms with Crippen molar-refractivity contribution >= 4 is 50.2 Å². The highest BCUT2D eigenvalue weighted by atomic mass is 35.5. The van der Waals surface area contributed by atoms with Gasteiger partial charge < -0.3 is 4.74 Å². The number of amides is 3. The van der Waals surface area contributed by atoms with Gasteiger partial charge in [0.05, 0.1) is 16.8 Å². The SMILES string of the molecule is CCOc1ccc2nc(NC(=O)NC(=O)CCCl)sc2c1. The minimum absolute atomic E-state index is 0.0898. The molecule has 6 nitrogen and oxygen atoms in total. The Kier molecular flexibility index (Phi) is 5.35. The van der Waals surface area contributed by atoms with Crippen molar-refractivity contribution in [1.82, 2.24) is 10.3 Å². The summed E-state index contributed by atoms with van der Waals surface area (Å²) < 4.78 is 6.30. The zero-order chi connectivity index (χ0) is 15.2. The first kappa shape index (κ1) is 15.5. The number of urea groups is 1. The molecule has 0 aliphatic rings. The van der Waals surface area contributed by atoms with Crippen molar-refractivity contribution in [1.29, 1.82) is 0 Å². The number of hydrogen-bond acceptors (Lipinski definition) is 5. The summed E-state index contributed by atoms with van der Waals surface area (Å²) in [6.07, 6.45) is 0.0898. The van der Waals surface area contributed by atoms with Gasteiger partial charge in [-0.25, -0.2) is 9.78 Å². The molecule has 0 aliphatic heterocycles. The van der Waals surface area contributed by atoms with Crippen LogP contribution in [0.5, 0.6) is 5.75 Å². The highest BCUT2D eigenvalue weighted by Crippen LogP contribution is 2.29. The van der Waals surface area contributed by atoms with Crippen LogP contribution in [0, 0.1) is 0 Å². The fraction of sp³-hybridized carbons (Fsp3) is 0.308. The number of nitrogens with one attached hydrogen (secondary N) is 2. The molecular formula is C13H14ClN3O3S. The number of thiazole rings is 1. The van der Waals surface area contributed by atoms with Crippen molar-refractivity contribution in [3.63, 3.8) is 0 Å². The lowest BCUT2D eigenvalue weighted by atomic mass is 10.3. The first-order valence-electron chi connectivity index (χ1n) is 6.32. The normalized spacial score (nSPS) is 10.4. The Balaban J connectivity index is 2.05. The van der Waals surface area contributed by atoms with Gasteiger partial charge in [0.25, 0.3) is 0 Å². The number of nitrogens with zero attached hydrogens (tertiary/aromatic N) is 1. The Morgan fingerprint density at radius 1 is 1.43 bits per heavy atom. The van der Waals surface area contributed by atoms with Crippen LogP contribution in [0.4, 0.5) is 9.93 Å². The van der Waals surface area contributed by atoms with E-state index in [1.54, 1.807) is 0 Å². The molecule has 0 radical (unpaired) electrons. The largest absolute Gasteiger partial charge is 0.494 e. The lowest BCUT2D eigenvalue weighted by molar-refractivity contribution is -0.119. The zero-order valence-corrected chi connectivity index (χ0v) is 12.9. The van der Waals surface area contributed by atoms with Crippen LogP contribution in [0.3, 0.4) is 0 Å². The van der Waals surface area contributed by atoms with Gasteiger partial charge >= 0.3 is 6.03 Å². The van der Waals surface area contributed by atoms with E-state index in [0.29, 0.717) is 11.7 Å². The molecule has 21 heavy (non-hydrogen) atoms. The number of rotatable bonds is 5. The summed E-state index contributed by atoms with van der Waals surface area (Å²) in [7, 11) is 0. The zero-order valence-electron chi connectivity index (χ0n) is 11.3. The monoisotopic (exact) mass is 327 g/mol. The number of alkyl halides is 1. The first-order chi connectivity index (χ1) is 10.1. The summed E-state index contributed by atoms with van der Waals surface area (Å²) in [4.78, 5) is 27.1. The third-order valence-electron chi connectivity index (χ3n) is 2.47. The average molecular weight is 328 g/mol. The molecule has 0 saturated carbocycles. The maximum atomic E-state index is 11.6. The maximum Gasteiger partial charge on any atom is 0.327 e. The van der Waals surface area contributed by atoms with Gasteiger partial charge in [-0.1, -0.05) is 11.3 Å². The highest BCUT2D eigenvalue weighted by Gasteiger charge is 2.11. The standard InChI is InChI=1S/C13H14ClN3O3S/c1-2-20-8-3-4-9-10(7-8)21-13(15-9)17-12(19)16-11(18)5-6-14/h3-4,7H,2,5-6H2,1H3,(H2,15,16,17,18,19). The summed E-state index contributed by atoms with van der Waals surface area (Å²) in [5, 5.41) is 5.11. The second-order valence-corrected chi connectivity index (χ2v) is 5.43. The molecule has 0 saturated heterocycles. The molecule has 0 spiro atoms. The number of aromatic nitrogens is 1. The van der Waals surface area contributed by atoms with Gasteiger partial charge in [0, 0.05) is 12.3 Å². The number of anilines is 1. The van der Waals surface area contributed by atoms with Gasteiger partial charge in [0.1, 0.15) is 5.75 Å². The van der Waals surface area contributed by atoms with Crippen molar-refractivity contribution in [2.75, 3.05) is 17.8 Å². The molecule has 8 heteroatoms. The number of carbonyl (C=O) groups excluding carboxylic acids is 2. The second kappa shape index (κ2) is 7.24. The van der Waals surface area contributed by atoms with Crippen LogP contribution >= 0.6 is 22.9 Å². The van der Waals surface area contributed by atoms with Crippen molar-refractivity contribution in [2.45, 2.75) is 13.3 Å². The van der Waals surface area contributed by atoms with Crippen molar-refractivity contribution in [2.24, 2.45) is 0 Å². The Hall–Kier alpha value is -1.86. The molecule has 2 rings (SSSR count). The molecule has 0 fully saturated rings. The average Bonchev–Trinajstić information content (AvgIpc) is 2.80. The van der Waals surface area contributed by atoms with E-state index < -0.39 is 11.9 Å². The summed E-state index contributed by atoms with van der Waals surface area (Å²) in [6, 6.07) is 4.88. The fourth-order valence-electron chi connectivity index (χ4n) is 1.62. The van der Waals surface area contributed by atoms with Crippen molar-refractivity contribution < 1.29 is 14.3 Å².